The normalized spacial score (nSPS) is 27.9. The van der Waals surface area contributed by atoms with E-state index in [9.17, 15) is 5.11 Å². The lowest BCUT2D eigenvalue weighted by atomic mass is 9.83. The largest absolute Gasteiger partial charge is 0.382 e. The minimum atomic E-state index is -0.830. The molecule has 1 aliphatic carbocycles. The van der Waals surface area contributed by atoms with E-state index in [-0.39, 0.29) is 12.4 Å². The van der Waals surface area contributed by atoms with Crippen LogP contribution in [0.2, 0.25) is 0 Å². The van der Waals surface area contributed by atoms with Gasteiger partial charge >= 0.3 is 0 Å². The SMILES string of the molecule is CC1CCC(c2noc([C@@H](O)CN)n2)CC1. The van der Waals surface area contributed by atoms with E-state index in [1.165, 1.54) is 12.8 Å². The van der Waals surface area contributed by atoms with Gasteiger partial charge in [-0.05, 0) is 18.8 Å². The van der Waals surface area contributed by atoms with Gasteiger partial charge in [-0.3, -0.25) is 0 Å². The number of aliphatic hydroxyl groups excluding tert-OH is 1. The van der Waals surface area contributed by atoms with Crippen molar-refractivity contribution in [3.05, 3.63) is 11.7 Å². The predicted molar refractivity (Wildman–Crippen MR) is 58.7 cm³/mol. The zero-order valence-corrected chi connectivity index (χ0v) is 9.59. The van der Waals surface area contributed by atoms with Crippen LogP contribution < -0.4 is 5.73 Å². The molecule has 1 heterocycles. The number of nitrogens with two attached hydrogens (primary N) is 1. The second-order valence-electron chi connectivity index (χ2n) is 4.70. The summed E-state index contributed by atoms with van der Waals surface area (Å²) in [4.78, 5) is 4.22. The van der Waals surface area contributed by atoms with Gasteiger partial charge in [-0.15, -0.1) is 0 Å². The first-order valence-corrected chi connectivity index (χ1v) is 5.92. The summed E-state index contributed by atoms with van der Waals surface area (Å²) < 4.78 is 5.01. The number of hydrogen-bond acceptors (Lipinski definition) is 5. The fourth-order valence-electron chi connectivity index (χ4n) is 2.17. The molecule has 2 rings (SSSR count). The molecule has 1 fully saturated rings. The lowest BCUT2D eigenvalue weighted by Crippen LogP contribution is -2.13. The average Bonchev–Trinajstić information content (AvgIpc) is 2.78. The third kappa shape index (κ3) is 2.41. The molecule has 0 radical (unpaired) electrons. The van der Waals surface area contributed by atoms with Crippen molar-refractivity contribution in [3.8, 4) is 0 Å². The summed E-state index contributed by atoms with van der Waals surface area (Å²) in [5.41, 5.74) is 5.33. The second-order valence-corrected chi connectivity index (χ2v) is 4.70. The Morgan fingerprint density at radius 3 is 2.75 bits per heavy atom. The van der Waals surface area contributed by atoms with Gasteiger partial charge in [0, 0.05) is 12.5 Å². The van der Waals surface area contributed by atoms with Crippen molar-refractivity contribution in [3.63, 3.8) is 0 Å². The molecule has 0 saturated heterocycles. The van der Waals surface area contributed by atoms with Crippen LogP contribution in [-0.2, 0) is 0 Å². The second kappa shape index (κ2) is 4.93. The minimum Gasteiger partial charge on any atom is -0.382 e. The highest BCUT2D eigenvalue weighted by Crippen LogP contribution is 2.34. The maximum absolute atomic E-state index is 9.46. The molecule has 1 aromatic rings. The van der Waals surface area contributed by atoms with Crippen LogP contribution in [0.15, 0.2) is 4.52 Å². The fourth-order valence-corrected chi connectivity index (χ4v) is 2.17. The van der Waals surface area contributed by atoms with Gasteiger partial charge in [0.05, 0.1) is 0 Å². The van der Waals surface area contributed by atoms with Gasteiger partial charge in [-0.25, -0.2) is 0 Å². The van der Waals surface area contributed by atoms with Crippen molar-refractivity contribution in [1.82, 2.24) is 10.1 Å². The van der Waals surface area contributed by atoms with E-state index in [1.807, 2.05) is 0 Å². The molecule has 3 N–H and O–H groups in total. The number of hydrogen-bond donors (Lipinski definition) is 2. The molecular weight excluding hydrogens is 206 g/mol. The molecule has 0 unspecified atom stereocenters. The Balaban J connectivity index is 2.01. The van der Waals surface area contributed by atoms with Crippen LogP contribution in [0, 0.1) is 5.92 Å². The van der Waals surface area contributed by atoms with Crippen molar-refractivity contribution < 1.29 is 9.63 Å². The van der Waals surface area contributed by atoms with E-state index in [4.69, 9.17) is 10.3 Å². The summed E-state index contributed by atoms with van der Waals surface area (Å²) in [5, 5.41) is 13.4. The highest BCUT2D eigenvalue weighted by atomic mass is 16.5. The molecule has 5 nitrogen and oxygen atoms in total. The van der Waals surface area contributed by atoms with Gasteiger partial charge in [0.25, 0.3) is 5.89 Å². The molecule has 5 heteroatoms. The third-order valence-corrected chi connectivity index (χ3v) is 3.35. The standard InChI is InChI=1S/C11H19N3O2/c1-7-2-4-8(5-3-7)10-13-11(16-14-10)9(15)6-12/h7-9,15H,2-6,12H2,1H3/t7?,8?,9-/m0/s1. The van der Waals surface area contributed by atoms with Gasteiger partial charge < -0.3 is 15.4 Å². The molecule has 16 heavy (non-hydrogen) atoms. The quantitative estimate of drug-likeness (QED) is 0.811. The van der Waals surface area contributed by atoms with Crippen LogP contribution in [0.5, 0.6) is 0 Å². The van der Waals surface area contributed by atoms with Gasteiger partial charge in [0.2, 0.25) is 0 Å². The average molecular weight is 225 g/mol. The van der Waals surface area contributed by atoms with E-state index >= 15 is 0 Å². The zero-order valence-electron chi connectivity index (χ0n) is 9.59. The summed E-state index contributed by atoms with van der Waals surface area (Å²) in [5.74, 6) is 2.17. The molecule has 0 bridgehead atoms. The Hall–Kier alpha value is -0.940. The Bertz CT molecular complexity index is 332. The van der Waals surface area contributed by atoms with E-state index in [2.05, 4.69) is 17.1 Å². The first-order valence-electron chi connectivity index (χ1n) is 5.92. The molecule has 1 aromatic heterocycles. The van der Waals surface area contributed by atoms with Crippen LogP contribution in [0.4, 0.5) is 0 Å². The maximum atomic E-state index is 9.46. The predicted octanol–water partition coefficient (Wildman–Crippen LogP) is 1.36. The van der Waals surface area contributed by atoms with Gasteiger partial charge in [-0.2, -0.15) is 4.98 Å². The molecule has 0 aromatic carbocycles. The molecular formula is C11H19N3O2. The van der Waals surface area contributed by atoms with Crippen LogP contribution in [-0.4, -0.2) is 21.8 Å². The van der Waals surface area contributed by atoms with Crippen LogP contribution in [0.1, 0.15) is 56.3 Å². The van der Waals surface area contributed by atoms with Crippen molar-refractivity contribution in [2.24, 2.45) is 11.7 Å². The van der Waals surface area contributed by atoms with Crippen molar-refractivity contribution in [1.29, 1.82) is 0 Å². The molecule has 1 atom stereocenters. The summed E-state index contributed by atoms with van der Waals surface area (Å²) in [6, 6.07) is 0. The van der Waals surface area contributed by atoms with Crippen molar-refractivity contribution >= 4 is 0 Å². The number of nitrogens with zero attached hydrogens (tertiary/aromatic N) is 2. The van der Waals surface area contributed by atoms with Crippen molar-refractivity contribution in [2.75, 3.05) is 6.54 Å². The van der Waals surface area contributed by atoms with E-state index in [0.717, 1.165) is 24.6 Å². The molecule has 1 saturated carbocycles. The summed E-state index contributed by atoms with van der Waals surface area (Å²) in [7, 11) is 0. The molecule has 0 spiro atoms. The fraction of sp³-hybridized carbons (Fsp3) is 0.818. The van der Waals surface area contributed by atoms with E-state index < -0.39 is 6.10 Å². The molecule has 90 valence electrons. The minimum absolute atomic E-state index is 0.114. The monoisotopic (exact) mass is 225 g/mol. The molecule has 0 aliphatic heterocycles. The van der Waals surface area contributed by atoms with Gasteiger partial charge in [-0.1, -0.05) is 24.9 Å². The topological polar surface area (TPSA) is 85.2 Å². The first-order chi connectivity index (χ1) is 7.70. The van der Waals surface area contributed by atoms with Crippen LogP contribution >= 0.6 is 0 Å². The van der Waals surface area contributed by atoms with Gasteiger partial charge in [0.1, 0.15) is 6.10 Å². The zero-order chi connectivity index (χ0) is 11.5. The molecule has 0 amide bonds. The van der Waals surface area contributed by atoms with Crippen LogP contribution in [0.25, 0.3) is 0 Å². The first kappa shape index (κ1) is 11.5. The summed E-state index contributed by atoms with van der Waals surface area (Å²) in [6.45, 7) is 2.39. The summed E-state index contributed by atoms with van der Waals surface area (Å²) >= 11 is 0. The van der Waals surface area contributed by atoms with Gasteiger partial charge in [0.15, 0.2) is 5.82 Å². The summed E-state index contributed by atoms with van der Waals surface area (Å²) in [6.07, 6.45) is 3.82. The maximum Gasteiger partial charge on any atom is 0.256 e. The number of rotatable bonds is 3. The highest BCUT2D eigenvalue weighted by Gasteiger charge is 2.25. The Morgan fingerprint density at radius 1 is 1.44 bits per heavy atom. The van der Waals surface area contributed by atoms with Crippen LogP contribution in [0.3, 0.4) is 0 Å². The number of aliphatic hydroxyl groups is 1. The molecule has 1 aliphatic rings. The number of aromatic nitrogens is 2. The van der Waals surface area contributed by atoms with Crippen molar-refractivity contribution in [2.45, 2.75) is 44.6 Å². The Labute approximate surface area is 95.0 Å². The highest BCUT2D eigenvalue weighted by molar-refractivity contribution is 4.99. The lowest BCUT2D eigenvalue weighted by Gasteiger charge is -2.23. The Kier molecular flexibility index (Phi) is 3.56. The third-order valence-electron chi connectivity index (χ3n) is 3.35. The lowest BCUT2D eigenvalue weighted by molar-refractivity contribution is 0.141. The van der Waals surface area contributed by atoms with E-state index in [0.29, 0.717) is 5.92 Å². The van der Waals surface area contributed by atoms with E-state index in [1.54, 1.807) is 0 Å². The smallest absolute Gasteiger partial charge is 0.256 e. The Morgan fingerprint density at radius 2 is 2.12 bits per heavy atom.